The van der Waals surface area contributed by atoms with Crippen LogP contribution < -0.4 is 0 Å². The van der Waals surface area contributed by atoms with Gasteiger partial charge in [-0.3, -0.25) is 0 Å². The number of hydrogen-bond donors (Lipinski definition) is 0. The van der Waals surface area contributed by atoms with Gasteiger partial charge in [0.1, 0.15) is 19.7 Å². The monoisotopic (exact) mass is 252 g/mol. The maximum absolute atomic E-state index is 5.60. The zero-order chi connectivity index (χ0) is 11.2. The summed E-state index contributed by atoms with van der Waals surface area (Å²) in [6.07, 6.45) is 13.6. The molecule has 0 saturated carbocycles. The molecule has 4 heteroatoms. The van der Waals surface area contributed by atoms with Crippen LogP contribution in [0.2, 0.25) is 0 Å². The average Bonchev–Trinajstić information content (AvgIpc) is 1.96. The van der Waals surface area contributed by atoms with E-state index in [-0.39, 0.29) is 7.55 Å². The normalized spacial score (nSPS) is 13.9. The lowest BCUT2D eigenvalue weighted by Crippen LogP contribution is -1.87. The molecular weight excluding hydrogens is 229 g/mol. The van der Waals surface area contributed by atoms with Crippen molar-refractivity contribution in [1.29, 1.82) is 0 Å². The Kier molecular flexibility index (Phi) is 7.27. The standard InChI is InChI=1S/C10H23OP3/c1-7-8-11-13(3)9-12(2)10-14(4,5)6/h2-4,7-10H2,1,5-6H3/q+2. The van der Waals surface area contributed by atoms with Crippen LogP contribution in [0.5, 0.6) is 0 Å². The van der Waals surface area contributed by atoms with E-state index in [1.807, 2.05) is 0 Å². The maximum Gasteiger partial charge on any atom is 0.295 e. The molecule has 0 spiro atoms. The molecule has 14 heavy (non-hydrogen) atoms. The van der Waals surface area contributed by atoms with Gasteiger partial charge in [0, 0.05) is 0 Å². The molecule has 2 unspecified atom stereocenters. The second-order valence-corrected chi connectivity index (χ2v) is 12.9. The third-order valence-corrected chi connectivity index (χ3v) is 9.49. The Balaban J connectivity index is 3.83. The maximum atomic E-state index is 5.60. The van der Waals surface area contributed by atoms with Gasteiger partial charge in [-0.1, -0.05) is 20.1 Å². The fraction of sp³-hybridized carbons (Fsp3) is 0.700. The molecule has 0 heterocycles. The molecule has 2 atom stereocenters. The molecule has 1 nitrogen and oxygen atoms in total. The molecule has 0 aliphatic rings. The Morgan fingerprint density at radius 1 is 1.29 bits per heavy atom. The largest absolute Gasteiger partial charge is 0.295 e. The van der Waals surface area contributed by atoms with Crippen LogP contribution in [0.4, 0.5) is 0 Å². The minimum atomic E-state index is -0.911. The Morgan fingerprint density at radius 3 is 2.29 bits per heavy atom. The summed E-state index contributed by atoms with van der Waals surface area (Å²) in [6, 6.07) is 0. The second-order valence-electron chi connectivity index (χ2n) is 4.20. The van der Waals surface area contributed by atoms with E-state index in [9.17, 15) is 0 Å². The third kappa shape index (κ3) is 9.17. The molecule has 0 aliphatic heterocycles. The van der Waals surface area contributed by atoms with Crippen LogP contribution in [0.25, 0.3) is 0 Å². The highest BCUT2D eigenvalue weighted by Gasteiger charge is 2.21. The van der Waals surface area contributed by atoms with E-state index in [2.05, 4.69) is 39.2 Å². The minimum Gasteiger partial charge on any atom is -0.176 e. The van der Waals surface area contributed by atoms with Gasteiger partial charge in [-0.2, -0.15) is 4.52 Å². The fourth-order valence-electron chi connectivity index (χ4n) is 1.07. The van der Waals surface area contributed by atoms with Crippen molar-refractivity contribution in [1.82, 2.24) is 0 Å². The zero-order valence-corrected chi connectivity index (χ0v) is 12.4. The molecule has 0 amide bonds. The zero-order valence-electron chi connectivity index (χ0n) is 9.70. The van der Waals surface area contributed by atoms with E-state index < -0.39 is 14.7 Å². The number of hydrogen-bond acceptors (Lipinski definition) is 1. The Bertz CT molecular complexity index is 252. The first kappa shape index (κ1) is 14.6. The molecule has 0 N–H and O–H groups in total. The van der Waals surface area contributed by atoms with Gasteiger partial charge < -0.3 is 0 Å². The molecule has 0 aliphatic carbocycles. The lowest BCUT2D eigenvalue weighted by Gasteiger charge is -2.04. The highest BCUT2D eigenvalue weighted by molar-refractivity contribution is 7.84. The van der Waals surface area contributed by atoms with Crippen molar-refractivity contribution in [3.8, 4) is 0 Å². The van der Waals surface area contributed by atoms with Crippen molar-refractivity contribution in [3.05, 3.63) is 0 Å². The Labute approximate surface area is 91.1 Å². The summed E-state index contributed by atoms with van der Waals surface area (Å²) in [6.45, 7) is 6.60. The van der Waals surface area contributed by atoms with E-state index in [1.54, 1.807) is 0 Å². The molecule has 0 aromatic heterocycles. The van der Waals surface area contributed by atoms with E-state index in [4.69, 9.17) is 4.52 Å². The molecular formula is C10H23OP3+2. The van der Waals surface area contributed by atoms with Crippen LogP contribution in [-0.4, -0.2) is 50.6 Å². The summed E-state index contributed by atoms with van der Waals surface area (Å²) < 4.78 is 5.60. The summed E-state index contributed by atoms with van der Waals surface area (Å²) in [5, 5.41) is 0. The van der Waals surface area contributed by atoms with Crippen molar-refractivity contribution >= 4 is 41.1 Å². The van der Waals surface area contributed by atoms with Crippen molar-refractivity contribution in [2.45, 2.75) is 13.3 Å². The predicted molar refractivity (Wildman–Crippen MR) is 79.9 cm³/mol. The van der Waals surface area contributed by atoms with Crippen LogP contribution >= 0.6 is 22.2 Å². The topological polar surface area (TPSA) is 9.23 Å². The van der Waals surface area contributed by atoms with Gasteiger partial charge in [0.25, 0.3) is 13.7 Å². The van der Waals surface area contributed by atoms with Crippen LogP contribution in [0.3, 0.4) is 0 Å². The van der Waals surface area contributed by atoms with Gasteiger partial charge in [-0.15, -0.1) is 0 Å². The van der Waals surface area contributed by atoms with Crippen molar-refractivity contribution in [3.63, 3.8) is 0 Å². The molecule has 82 valence electrons. The highest BCUT2D eigenvalue weighted by atomic mass is 31.2. The molecule has 0 aromatic rings. The summed E-state index contributed by atoms with van der Waals surface area (Å²) in [4.78, 5) is 0. The Hall–Kier alpha value is 0.600. The first-order chi connectivity index (χ1) is 6.35. The van der Waals surface area contributed by atoms with Crippen LogP contribution in [-0.2, 0) is 4.52 Å². The lowest BCUT2D eigenvalue weighted by molar-refractivity contribution is 0.362. The van der Waals surface area contributed by atoms with Crippen LogP contribution in [0.1, 0.15) is 13.3 Å². The van der Waals surface area contributed by atoms with Gasteiger partial charge in [0.15, 0.2) is 0 Å². The van der Waals surface area contributed by atoms with E-state index >= 15 is 0 Å². The Morgan fingerprint density at radius 2 is 1.86 bits per heavy atom. The molecule has 0 rings (SSSR count). The number of rotatable bonds is 7. The van der Waals surface area contributed by atoms with E-state index in [0.717, 1.165) is 18.9 Å². The van der Waals surface area contributed by atoms with Gasteiger partial charge in [-0.05, 0) is 19.8 Å². The summed E-state index contributed by atoms with van der Waals surface area (Å²) >= 11 is 0. The van der Waals surface area contributed by atoms with Crippen LogP contribution in [0.15, 0.2) is 0 Å². The summed E-state index contributed by atoms with van der Waals surface area (Å²) in [7, 11) is -0.619. The molecule has 0 bridgehead atoms. The highest BCUT2D eigenvalue weighted by Crippen LogP contribution is 2.48. The predicted octanol–water partition coefficient (Wildman–Crippen LogP) is 3.78. The lowest BCUT2D eigenvalue weighted by atomic mass is 10.5. The van der Waals surface area contributed by atoms with Gasteiger partial charge in [-0.25, -0.2) is 0 Å². The smallest absolute Gasteiger partial charge is 0.176 e. The van der Waals surface area contributed by atoms with Gasteiger partial charge >= 0.3 is 0 Å². The third-order valence-electron chi connectivity index (χ3n) is 1.42. The second kappa shape index (κ2) is 6.97. The minimum absolute atomic E-state index is 0.146. The van der Waals surface area contributed by atoms with Crippen LogP contribution in [0, 0.1) is 0 Å². The first-order valence-corrected chi connectivity index (χ1v) is 11.4. The fourth-order valence-corrected chi connectivity index (χ4v) is 9.12. The first-order valence-electron chi connectivity index (χ1n) is 4.79. The molecule has 0 radical (unpaired) electrons. The van der Waals surface area contributed by atoms with Gasteiger partial charge in [0.2, 0.25) is 0 Å². The SMILES string of the molecule is C=[P+](C[P+](=C)OCCC)CP(=C)(C)C. The molecule has 0 saturated heterocycles. The van der Waals surface area contributed by atoms with E-state index in [0.29, 0.717) is 0 Å². The molecule has 0 aromatic carbocycles. The summed E-state index contributed by atoms with van der Waals surface area (Å²) in [5.41, 5.74) is 0. The molecule has 0 fully saturated rings. The van der Waals surface area contributed by atoms with Crippen molar-refractivity contribution in [2.24, 2.45) is 0 Å². The van der Waals surface area contributed by atoms with Crippen molar-refractivity contribution < 1.29 is 4.52 Å². The van der Waals surface area contributed by atoms with E-state index in [1.165, 1.54) is 5.90 Å². The van der Waals surface area contributed by atoms with Gasteiger partial charge in [0.05, 0.1) is 12.9 Å². The summed E-state index contributed by atoms with van der Waals surface area (Å²) in [5.74, 6) is 2.30. The van der Waals surface area contributed by atoms with Crippen molar-refractivity contribution in [2.75, 3.05) is 31.7 Å². The quantitative estimate of drug-likeness (QED) is 0.626. The average molecular weight is 252 g/mol.